The number of hydrogen-bond acceptors (Lipinski definition) is 5. The van der Waals surface area contributed by atoms with Gasteiger partial charge in [-0.15, -0.1) is 0 Å². The third-order valence-corrected chi connectivity index (χ3v) is 4.02. The summed E-state index contributed by atoms with van der Waals surface area (Å²) >= 11 is 0. The summed E-state index contributed by atoms with van der Waals surface area (Å²) in [4.78, 5) is 14.3. The van der Waals surface area contributed by atoms with Gasteiger partial charge in [0.25, 0.3) is 5.56 Å². The highest BCUT2D eigenvalue weighted by Gasteiger charge is 2.17. The van der Waals surface area contributed by atoms with Crippen molar-refractivity contribution in [1.29, 1.82) is 0 Å². The zero-order valence-electron chi connectivity index (χ0n) is 13.0. The molecule has 0 spiro atoms. The second-order valence-electron chi connectivity index (χ2n) is 5.87. The lowest BCUT2D eigenvalue weighted by molar-refractivity contribution is 0.145. The zero-order valence-corrected chi connectivity index (χ0v) is 13.0. The molecule has 21 heavy (non-hydrogen) atoms. The molecule has 1 unspecified atom stereocenters. The molecule has 2 rings (SSSR count). The molecule has 1 aliphatic heterocycles. The van der Waals surface area contributed by atoms with Crippen LogP contribution >= 0.6 is 0 Å². The minimum atomic E-state index is -0.600. The van der Waals surface area contributed by atoms with Crippen LogP contribution < -0.4 is 15.8 Å². The molecule has 118 valence electrons. The molecule has 6 heteroatoms. The fraction of sp³-hybridized carbons (Fsp3) is 0.733. The van der Waals surface area contributed by atoms with Gasteiger partial charge < -0.3 is 15.3 Å². The molecule has 0 amide bonds. The topological polar surface area (TPSA) is 70.4 Å². The summed E-state index contributed by atoms with van der Waals surface area (Å²) in [5.41, 5.74) is 0.742. The molecule has 2 N–H and O–H groups in total. The predicted molar refractivity (Wildman–Crippen MR) is 83.7 cm³/mol. The average molecular weight is 294 g/mol. The van der Waals surface area contributed by atoms with E-state index in [1.807, 2.05) is 6.92 Å². The standard InChI is InChI=1S/C15H26N4O2/c1-3-16-10-14(20)11-19-15(21)8-13(9-17-19)18-6-4-12(2)5-7-18/h8-9,12,14,16,20H,3-7,10-11H2,1-2H3. The number of likely N-dealkylation sites (N-methyl/N-ethyl adjacent to an activating group) is 1. The minimum absolute atomic E-state index is 0.151. The molecule has 0 radical (unpaired) electrons. The average Bonchev–Trinajstić information content (AvgIpc) is 2.48. The van der Waals surface area contributed by atoms with E-state index in [4.69, 9.17) is 0 Å². The molecular weight excluding hydrogens is 268 g/mol. The first-order chi connectivity index (χ1) is 10.1. The summed E-state index contributed by atoms with van der Waals surface area (Å²) in [6.45, 7) is 7.70. The predicted octanol–water partition coefficient (Wildman–Crippen LogP) is 0.450. The smallest absolute Gasteiger partial charge is 0.268 e. The summed E-state index contributed by atoms with van der Waals surface area (Å²) in [6, 6.07) is 1.63. The first-order valence-electron chi connectivity index (χ1n) is 7.81. The van der Waals surface area contributed by atoms with Crippen molar-refractivity contribution in [1.82, 2.24) is 15.1 Å². The molecule has 1 saturated heterocycles. The van der Waals surface area contributed by atoms with E-state index < -0.39 is 6.10 Å². The Morgan fingerprint density at radius 2 is 2.19 bits per heavy atom. The first kappa shape index (κ1) is 16.0. The molecule has 0 aromatic carbocycles. The van der Waals surface area contributed by atoms with Crippen molar-refractivity contribution < 1.29 is 5.11 Å². The normalized spacial score (nSPS) is 18.0. The van der Waals surface area contributed by atoms with E-state index >= 15 is 0 Å². The van der Waals surface area contributed by atoms with E-state index in [1.165, 1.54) is 4.68 Å². The Morgan fingerprint density at radius 1 is 1.48 bits per heavy atom. The molecule has 1 fully saturated rings. The third kappa shape index (κ3) is 4.54. The molecular formula is C15H26N4O2. The second-order valence-corrected chi connectivity index (χ2v) is 5.87. The number of hydrogen-bond donors (Lipinski definition) is 2. The summed E-state index contributed by atoms with van der Waals surface area (Å²) in [6.07, 6.45) is 3.45. The van der Waals surface area contributed by atoms with Gasteiger partial charge in [0.05, 0.1) is 24.5 Å². The Kier molecular flexibility index (Phi) is 5.76. The lowest BCUT2D eigenvalue weighted by Gasteiger charge is -2.31. The van der Waals surface area contributed by atoms with Crippen molar-refractivity contribution in [2.75, 3.05) is 31.1 Å². The molecule has 1 atom stereocenters. The lowest BCUT2D eigenvalue weighted by atomic mass is 9.99. The third-order valence-electron chi connectivity index (χ3n) is 4.02. The number of piperidine rings is 1. The van der Waals surface area contributed by atoms with Gasteiger partial charge in [-0.25, -0.2) is 4.68 Å². The van der Waals surface area contributed by atoms with Crippen molar-refractivity contribution in [2.24, 2.45) is 5.92 Å². The largest absolute Gasteiger partial charge is 0.390 e. The molecule has 1 aromatic rings. The van der Waals surface area contributed by atoms with Crippen LogP contribution in [0.2, 0.25) is 0 Å². The van der Waals surface area contributed by atoms with Gasteiger partial charge >= 0.3 is 0 Å². The quantitative estimate of drug-likeness (QED) is 0.797. The number of rotatable bonds is 6. The number of anilines is 1. The fourth-order valence-corrected chi connectivity index (χ4v) is 2.58. The van der Waals surface area contributed by atoms with E-state index in [9.17, 15) is 9.90 Å². The number of nitrogens with one attached hydrogen (secondary N) is 1. The highest BCUT2D eigenvalue weighted by Crippen LogP contribution is 2.20. The molecule has 0 bridgehead atoms. The van der Waals surface area contributed by atoms with Crippen LogP contribution in [0, 0.1) is 5.92 Å². The van der Waals surface area contributed by atoms with E-state index in [2.05, 4.69) is 22.2 Å². The van der Waals surface area contributed by atoms with Gasteiger partial charge in [0.2, 0.25) is 0 Å². The SMILES string of the molecule is CCNCC(O)Cn1ncc(N2CCC(C)CC2)cc1=O. The van der Waals surface area contributed by atoms with Gasteiger partial charge in [0.15, 0.2) is 0 Å². The summed E-state index contributed by atoms with van der Waals surface area (Å²) in [7, 11) is 0. The van der Waals surface area contributed by atoms with Crippen LogP contribution in [0.3, 0.4) is 0 Å². The number of aliphatic hydroxyl groups is 1. The molecule has 6 nitrogen and oxygen atoms in total. The summed E-state index contributed by atoms with van der Waals surface area (Å²) < 4.78 is 1.33. The van der Waals surface area contributed by atoms with E-state index in [1.54, 1.807) is 12.3 Å². The van der Waals surface area contributed by atoms with E-state index in [0.717, 1.165) is 44.1 Å². The Hall–Kier alpha value is -1.40. The monoisotopic (exact) mass is 294 g/mol. The van der Waals surface area contributed by atoms with Crippen molar-refractivity contribution in [3.63, 3.8) is 0 Å². The second kappa shape index (κ2) is 7.56. The first-order valence-corrected chi connectivity index (χ1v) is 7.81. The lowest BCUT2D eigenvalue weighted by Crippen LogP contribution is -2.37. The van der Waals surface area contributed by atoms with Crippen LogP contribution in [0.1, 0.15) is 26.7 Å². The summed E-state index contributed by atoms with van der Waals surface area (Å²) in [5.74, 6) is 0.760. The maximum atomic E-state index is 12.1. The van der Waals surface area contributed by atoms with Crippen LogP contribution in [-0.4, -0.2) is 47.2 Å². The van der Waals surface area contributed by atoms with Crippen molar-refractivity contribution in [3.05, 3.63) is 22.6 Å². The van der Waals surface area contributed by atoms with E-state index in [-0.39, 0.29) is 12.1 Å². The van der Waals surface area contributed by atoms with Crippen molar-refractivity contribution >= 4 is 5.69 Å². The van der Waals surface area contributed by atoms with Crippen LogP contribution in [0.5, 0.6) is 0 Å². The highest BCUT2D eigenvalue weighted by molar-refractivity contribution is 5.43. The van der Waals surface area contributed by atoms with Gasteiger partial charge in [0.1, 0.15) is 0 Å². The van der Waals surface area contributed by atoms with Gasteiger partial charge in [-0.05, 0) is 25.3 Å². The molecule has 0 saturated carbocycles. The zero-order chi connectivity index (χ0) is 15.2. The number of nitrogens with zero attached hydrogens (tertiary/aromatic N) is 3. The van der Waals surface area contributed by atoms with Crippen LogP contribution in [0.25, 0.3) is 0 Å². The van der Waals surface area contributed by atoms with Gasteiger partial charge in [-0.1, -0.05) is 13.8 Å². The van der Waals surface area contributed by atoms with Crippen molar-refractivity contribution in [2.45, 2.75) is 39.3 Å². The maximum Gasteiger partial charge on any atom is 0.268 e. The number of aromatic nitrogens is 2. The van der Waals surface area contributed by atoms with Gasteiger partial charge in [0, 0.05) is 25.7 Å². The molecule has 0 aliphatic carbocycles. The van der Waals surface area contributed by atoms with Crippen LogP contribution in [0.4, 0.5) is 5.69 Å². The Labute approximate surface area is 125 Å². The molecule has 1 aliphatic rings. The summed E-state index contributed by atoms with van der Waals surface area (Å²) in [5, 5.41) is 17.1. The van der Waals surface area contributed by atoms with Gasteiger partial charge in [-0.3, -0.25) is 4.79 Å². The van der Waals surface area contributed by atoms with Crippen LogP contribution in [-0.2, 0) is 6.54 Å². The van der Waals surface area contributed by atoms with Crippen LogP contribution in [0.15, 0.2) is 17.1 Å². The fourth-order valence-electron chi connectivity index (χ4n) is 2.58. The maximum absolute atomic E-state index is 12.1. The van der Waals surface area contributed by atoms with Crippen molar-refractivity contribution in [3.8, 4) is 0 Å². The molecule has 2 heterocycles. The Morgan fingerprint density at radius 3 is 2.81 bits per heavy atom. The van der Waals surface area contributed by atoms with Gasteiger partial charge in [-0.2, -0.15) is 5.10 Å². The Balaban J connectivity index is 1.99. The molecule has 1 aromatic heterocycles. The Bertz CT molecular complexity index is 495. The minimum Gasteiger partial charge on any atom is -0.390 e. The van der Waals surface area contributed by atoms with E-state index in [0.29, 0.717) is 6.54 Å². The number of aliphatic hydroxyl groups excluding tert-OH is 1. The highest BCUT2D eigenvalue weighted by atomic mass is 16.3.